The molecular weight excluding hydrogens is 427 g/mol. The first-order valence-corrected chi connectivity index (χ1v) is 10.8. The van der Waals surface area contributed by atoms with Gasteiger partial charge in [-0.25, -0.2) is 4.39 Å². The first kappa shape index (κ1) is 21.3. The molecule has 8 nitrogen and oxygen atoms in total. The van der Waals surface area contributed by atoms with Crippen molar-refractivity contribution in [2.24, 2.45) is 17.6 Å². The standard InChI is InChI=1S/C24H23FN4O4/c1-11-3-8-15-20(12(11)2)27-23(33)24(15)19-18(16(28-24)9-17(26)30)21(31)29(22(19)32)10-13-4-6-14(25)7-5-13/h3-8,16,18-19,28H,9-10H2,1-2H3,(H2,26,30)(H,27,33)/p+1/t16-,18+,19-,24+/m0/s1. The third kappa shape index (κ3) is 2.92. The lowest BCUT2D eigenvalue weighted by Gasteiger charge is -2.26. The van der Waals surface area contributed by atoms with Crippen LogP contribution in [0.25, 0.3) is 0 Å². The summed E-state index contributed by atoms with van der Waals surface area (Å²) in [5.74, 6) is -4.17. The second-order valence-electron chi connectivity index (χ2n) is 9.15. The van der Waals surface area contributed by atoms with Crippen LogP contribution in [0.4, 0.5) is 10.1 Å². The van der Waals surface area contributed by atoms with E-state index in [1.165, 1.54) is 24.3 Å². The molecule has 0 unspecified atom stereocenters. The third-order valence-electron chi connectivity index (χ3n) is 7.36. The minimum absolute atomic E-state index is 0.0360. The maximum Gasteiger partial charge on any atom is 0.291 e. The molecule has 0 aliphatic carbocycles. The fourth-order valence-electron chi connectivity index (χ4n) is 5.69. The second-order valence-corrected chi connectivity index (χ2v) is 9.15. The van der Waals surface area contributed by atoms with Crippen molar-refractivity contribution in [3.8, 4) is 0 Å². The highest BCUT2D eigenvalue weighted by atomic mass is 19.1. The van der Waals surface area contributed by atoms with Crippen molar-refractivity contribution in [2.45, 2.75) is 38.4 Å². The number of rotatable bonds is 4. The zero-order valence-electron chi connectivity index (χ0n) is 18.2. The number of halogens is 1. The first-order valence-electron chi connectivity index (χ1n) is 10.8. The highest BCUT2D eigenvalue weighted by Crippen LogP contribution is 2.50. The Labute approximate surface area is 189 Å². The van der Waals surface area contributed by atoms with Crippen molar-refractivity contribution in [2.75, 3.05) is 5.32 Å². The van der Waals surface area contributed by atoms with Gasteiger partial charge in [-0.3, -0.25) is 24.1 Å². The Balaban J connectivity index is 1.61. The van der Waals surface area contributed by atoms with E-state index in [-0.39, 0.29) is 18.9 Å². The van der Waals surface area contributed by atoms with E-state index in [9.17, 15) is 23.6 Å². The predicted molar refractivity (Wildman–Crippen MR) is 115 cm³/mol. The van der Waals surface area contributed by atoms with E-state index in [0.29, 0.717) is 16.8 Å². The minimum Gasteiger partial charge on any atom is -0.369 e. The number of nitrogens with zero attached hydrogens (tertiary/aromatic N) is 1. The summed E-state index contributed by atoms with van der Waals surface area (Å²) in [7, 11) is 0. The molecule has 2 fully saturated rings. The number of nitrogens with one attached hydrogen (secondary N) is 1. The van der Waals surface area contributed by atoms with E-state index in [1.807, 2.05) is 26.0 Å². The molecule has 0 bridgehead atoms. The number of benzene rings is 2. The normalized spacial score (nSPS) is 27.8. The van der Waals surface area contributed by atoms with Gasteiger partial charge in [0.05, 0.1) is 18.7 Å². The molecule has 3 heterocycles. The van der Waals surface area contributed by atoms with Gasteiger partial charge in [0.25, 0.3) is 5.91 Å². The van der Waals surface area contributed by atoms with E-state index in [4.69, 9.17) is 5.73 Å². The highest BCUT2D eigenvalue weighted by molar-refractivity contribution is 6.14. The molecule has 2 aromatic carbocycles. The summed E-state index contributed by atoms with van der Waals surface area (Å²) in [5, 5.41) is 4.61. The van der Waals surface area contributed by atoms with Crippen molar-refractivity contribution in [1.82, 2.24) is 4.90 Å². The van der Waals surface area contributed by atoms with Gasteiger partial charge in [-0.1, -0.05) is 18.2 Å². The molecule has 170 valence electrons. The lowest BCUT2D eigenvalue weighted by atomic mass is 9.76. The number of hydrogen-bond acceptors (Lipinski definition) is 4. The molecular formula is C24H24FN4O4+. The number of aryl methyl sites for hydroxylation is 1. The summed E-state index contributed by atoms with van der Waals surface area (Å²) in [6.45, 7) is 3.79. The molecule has 5 N–H and O–H groups in total. The lowest BCUT2D eigenvalue weighted by molar-refractivity contribution is -0.732. The number of imide groups is 1. The van der Waals surface area contributed by atoms with Gasteiger partial charge in [0.2, 0.25) is 23.3 Å². The van der Waals surface area contributed by atoms with Gasteiger partial charge >= 0.3 is 0 Å². The van der Waals surface area contributed by atoms with E-state index in [1.54, 1.807) is 5.32 Å². The monoisotopic (exact) mass is 451 g/mol. The third-order valence-corrected chi connectivity index (χ3v) is 7.36. The van der Waals surface area contributed by atoms with Gasteiger partial charge in [0.1, 0.15) is 23.7 Å². The van der Waals surface area contributed by atoms with Gasteiger partial charge in [-0.15, -0.1) is 0 Å². The van der Waals surface area contributed by atoms with Gasteiger partial charge in [0, 0.05) is 5.56 Å². The molecule has 0 saturated carbocycles. The van der Waals surface area contributed by atoms with Crippen LogP contribution in [0.15, 0.2) is 36.4 Å². The van der Waals surface area contributed by atoms with Crippen LogP contribution in [0.5, 0.6) is 0 Å². The van der Waals surface area contributed by atoms with Crippen molar-refractivity contribution >= 4 is 29.3 Å². The average molecular weight is 451 g/mol. The number of carbonyl (C=O) groups excluding carboxylic acids is 4. The number of likely N-dealkylation sites (tertiary alicyclic amines) is 1. The molecule has 0 aromatic heterocycles. The van der Waals surface area contributed by atoms with Crippen molar-refractivity contribution < 1.29 is 28.9 Å². The number of fused-ring (bicyclic) bond motifs is 4. The number of quaternary nitrogens is 1. The number of nitrogens with two attached hydrogens (primary N) is 2. The number of anilines is 1. The first-order chi connectivity index (χ1) is 15.6. The molecule has 3 aliphatic heterocycles. The van der Waals surface area contributed by atoms with E-state index in [2.05, 4.69) is 5.32 Å². The maximum atomic E-state index is 13.7. The highest BCUT2D eigenvalue weighted by Gasteiger charge is 2.74. The molecule has 3 aliphatic rings. The quantitative estimate of drug-likeness (QED) is 0.575. The number of primary amides is 1. The molecule has 4 amide bonds. The summed E-state index contributed by atoms with van der Waals surface area (Å²) in [4.78, 5) is 53.6. The van der Waals surface area contributed by atoms with Crippen molar-refractivity contribution in [1.29, 1.82) is 0 Å². The summed E-state index contributed by atoms with van der Waals surface area (Å²) in [6, 6.07) is 8.60. The Bertz CT molecular complexity index is 1230. The minimum atomic E-state index is -1.36. The Morgan fingerprint density at radius 2 is 1.82 bits per heavy atom. The second kappa shape index (κ2) is 7.21. The molecule has 1 spiro atoms. The Hall–Kier alpha value is -3.59. The summed E-state index contributed by atoms with van der Waals surface area (Å²) in [6.07, 6.45) is -0.139. The van der Waals surface area contributed by atoms with E-state index < -0.39 is 47.0 Å². The predicted octanol–water partition coefficient (Wildman–Crippen LogP) is 0.212. The van der Waals surface area contributed by atoms with Gasteiger partial charge in [0.15, 0.2) is 0 Å². The fourth-order valence-corrected chi connectivity index (χ4v) is 5.69. The molecule has 2 saturated heterocycles. The summed E-state index contributed by atoms with van der Waals surface area (Å²) in [5.41, 5.74) is 7.86. The maximum absolute atomic E-state index is 13.7. The SMILES string of the molecule is Cc1ccc2c(c1C)NC(=O)[C@@]21[NH2+][C@@H](CC(N)=O)[C@H]2C(=O)N(Cc3ccc(F)cc3)C(=O)[C@H]21. The lowest BCUT2D eigenvalue weighted by Crippen LogP contribution is -2.99. The van der Waals surface area contributed by atoms with Crippen LogP contribution in [-0.2, 0) is 31.3 Å². The van der Waals surface area contributed by atoms with E-state index in [0.717, 1.165) is 16.0 Å². The zero-order valence-corrected chi connectivity index (χ0v) is 18.2. The Morgan fingerprint density at radius 3 is 2.48 bits per heavy atom. The smallest absolute Gasteiger partial charge is 0.291 e. The van der Waals surface area contributed by atoms with Gasteiger partial charge in [-0.05, 0) is 48.7 Å². The molecule has 5 rings (SSSR count). The number of carbonyl (C=O) groups is 4. The van der Waals surface area contributed by atoms with Crippen LogP contribution >= 0.6 is 0 Å². The topological polar surface area (TPSA) is 126 Å². The summed E-state index contributed by atoms with van der Waals surface area (Å²) < 4.78 is 13.3. The number of amides is 4. The largest absolute Gasteiger partial charge is 0.369 e. The fraction of sp³-hybridized carbons (Fsp3) is 0.333. The van der Waals surface area contributed by atoms with Crippen LogP contribution in [0.3, 0.4) is 0 Å². The van der Waals surface area contributed by atoms with Gasteiger partial charge in [-0.2, -0.15) is 0 Å². The molecule has 2 aromatic rings. The van der Waals surface area contributed by atoms with Crippen molar-refractivity contribution in [3.05, 3.63) is 64.5 Å². The molecule has 4 atom stereocenters. The molecule has 9 heteroatoms. The summed E-state index contributed by atoms with van der Waals surface area (Å²) >= 11 is 0. The van der Waals surface area contributed by atoms with Crippen LogP contribution in [0.2, 0.25) is 0 Å². The Morgan fingerprint density at radius 1 is 1.12 bits per heavy atom. The molecule has 33 heavy (non-hydrogen) atoms. The van der Waals surface area contributed by atoms with Crippen LogP contribution in [-0.4, -0.2) is 34.6 Å². The van der Waals surface area contributed by atoms with Crippen LogP contribution in [0, 0.1) is 31.5 Å². The average Bonchev–Trinajstić information content (AvgIpc) is 3.33. The van der Waals surface area contributed by atoms with E-state index >= 15 is 0 Å². The molecule has 0 radical (unpaired) electrons. The Kier molecular flexibility index (Phi) is 4.65. The zero-order chi connectivity index (χ0) is 23.7. The van der Waals surface area contributed by atoms with Crippen LogP contribution < -0.4 is 16.4 Å². The van der Waals surface area contributed by atoms with Crippen LogP contribution in [0.1, 0.15) is 28.7 Å². The number of hydrogen-bond donors (Lipinski definition) is 3. The van der Waals surface area contributed by atoms with Gasteiger partial charge < -0.3 is 16.4 Å². The van der Waals surface area contributed by atoms with Crippen molar-refractivity contribution in [3.63, 3.8) is 0 Å².